The van der Waals surface area contributed by atoms with E-state index in [0.717, 1.165) is 25.7 Å². The number of aliphatic carboxylic acids is 2. The standard InChI is InChI=1S/C13H24O4.C10H16O4/c1-3-5-7-9-13(11(14)15,12(16)17)10-8-6-4-2;1-4-5-13-9(11)6-10(12)14-7-8(2)3/h3-10H2,1-2H3,(H,14,15)(H,16,17);4,8H,1,5-7H2,2-3H3. The Balaban J connectivity index is 0. The fourth-order valence-corrected chi connectivity index (χ4v) is 2.63. The summed E-state index contributed by atoms with van der Waals surface area (Å²) in [6, 6.07) is 0. The van der Waals surface area contributed by atoms with E-state index in [4.69, 9.17) is 4.74 Å². The fourth-order valence-electron chi connectivity index (χ4n) is 2.63. The molecular weight excluding hydrogens is 404 g/mol. The van der Waals surface area contributed by atoms with E-state index < -0.39 is 29.3 Å². The van der Waals surface area contributed by atoms with Crippen molar-refractivity contribution in [1.29, 1.82) is 0 Å². The van der Waals surface area contributed by atoms with Gasteiger partial charge >= 0.3 is 23.9 Å². The van der Waals surface area contributed by atoms with Gasteiger partial charge in [0, 0.05) is 0 Å². The van der Waals surface area contributed by atoms with Crippen molar-refractivity contribution in [3.63, 3.8) is 0 Å². The van der Waals surface area contributed by atoms with E-state index in [9.17, 15) is 29.4 Å². The maximum absolute atomic E-state index is 11.3. The smallest absolute Gasteiger partial charge is 0.321 e. The number of carboxylic acids is 2. The first-order valence-electron chi connectivity index (χ1n) is 11.0. The quantitative estimate of drug-likeness (QED) is 0.153. The zero-order chi connectivity index (χ0) is 24.3. The van der Waals surface area contributed by atoms with Gasteiger partial charge in [0.25, 0.3) is 0 Å². The van der Waals surface area contributed by atoms with Crippen molar-refractivity contribution in [2.24, 2.45) is 11.3 Å². The molecule has 180 valence electrons. The summed E-state index contributed by atoms with van der Waals surface area (Å²) in [6.07, 6.45) is 6.63. The van der Waals surface area contributed by atoms with Crippen LogP contribution in [0.5, 0.6) is 0 Å². The first-order valence-corrected chi connectivity index (χ1v) is 11.0. The lowest BCUT2D eigenvalue weighted by molar-refractivity contribution is -0.166. The van der Waals surface area contributed by atoms with Crippen LogP contribution in [-0.4, -0.2) is 47.3 Å². The maximum Gasteiger partial charge on any atom is 0.321 e. The van der Waals surface area contributed by atoms with Gasteiger partial charge in [-0.05, 0) is 18.8 Å². The number of ether oxygens (including phenoxy) is 2. The van der Waals surface area contributed by atoms with E-state index in [0.29, 0.717) is 19.4 Å². The molecule has 0 aliphatic heterocycles. The summed E-state index contributed by atoms with van der Waals surface area (Å²) in [4.78, 5) is 44.4. The van der Waals surface area contributed by atoms with Gasteiger partial charge in [-0.1, -0.05) is 78.9 Å². The number of rotatable bonds is 16. The summed E-state index contributed by atoms with van der Waals surface area (Å²) in [5, 5.41) is 18.4. The van der Waals surface area contributed by atoms with Gasteiger partial charge in [-0.25, -0.2) is 0 Å². The fraction of sp³-hybridized carbons (Fsp3) is 0.739. The lowest BCUT2D eigenvalue weighted by Crippen LogP contribution is -2.39. The molecule has 0 unspecified atom stereocenters. The molecule has 0 aliphatic carbocycles. The van der Waals surface area contributed by atoms with Crippen LogP contribution in [0.4, 0.5) is 0 Å². The van der Waals surface area contributed by atoms with Gasteiger partial charge in [-0.15, -0.1) is 0 Å². The summed E-state index contributed by atoms with van der Waals surface area (Å²) in [7, 11) is 0. The molecule has 31 heavy (non-hydrogen) atoms. The van der Waals surface area contributed by atoms with Gasteiger partial charge in [0.1, 0.15) is 13.0 Å². The van der Waals surface area contributed by atoms with Crippen LogP contribution < -0.4 is 0 Å². The van der Waals surface area contributed by atoms with Crippen LogP contribution in [0.1, 0.15) is 85.5 Å². The first kappa shape index (κ1) is 30.8. The Morgan fingerprint density at radius 3 is 1.68 bits per heavy atom. The molecule has 0 heterocycles. The molecule has 0 atom stereocenters. The van der Waals surface area contributed by atoms with Gasteiger partial charge in [-0.2, -0.15) is 0 Å². The molecule has 0 saturated heterocycles. The van der Waals surface area contributed by atoms with Crippen molar-refractivity contribution in [3.8, 4) is 0 Å². The molecule has 0 aliphatic rings. The SMILES string of the molecule is C=CCOC(=O)CC(=O)OCC(C)C.CCCCCC(CCCCC)(C(=O)O)C(=O)O. The third kappa shape index (κ3) is 15.1. The van der Waals surface area contributed by atoms with E-state index >= 15 is 0 Å². The molecule has 0 rings (SSSR count). The second-order valence-electron chi connectivity index (χ2n) is 7.83. The summed E-state index contributed by atoms with van der Waals surface area (Å²) in [5.41, 5.74) is -1.57. The number of carbonyl (C=O) groups is 4. The molecule has 0 spiro atoms. The predicted molar refractivity (Wildman–Crippen MR) is 118 cm³/mol. The number of hydrogen-bond acceptors (Lipinski definition) is 6. The molecule has 8 heteroatoms. The van der Waals surface area contributed by atoms with E-state index in [-0.39, 0.29) is 31.8 Å². The molecule has 0 fully saturated rings. The average molecular weight is 445 g/mol. The molecule has 0 amide bonds. The monoisotopic (exact) mass is 444 g/mol. The van der Waals surface area contributed by atoms with E-state index in [1.54, 1.807) is 0 Å². The Morgan fingerprint density at radius 1 is 0.871 bits per heavy atom. The van der Waals surface area contributed by atoms with Gasteiger partial charge in [0.2, 0.25) is 0 Å². The second kappa shape index (κ2) is 18.4. The van der Waals surface area contributed by atoms with Crippen molar-refractivity contribution >= 4 is 23.9 Å². The summed E-state index contributed by atoms with van der Waals surface area (Å²) < 4.78 is 9.40. The molecule has 0 radical (unpaired) electrons. The topological polar surface area (TPSA) is 127 Å². The molecule has 0 aromatic rings. The number of esters is 2. The van der Waals surface area contributed by atoms with Crippen LogP contribution in [-0.2, 0) is 28.7 Å². The Bertz CT molecular complexity index is 528. The lowest BCUT2D eigenvalue weighted by atomic mass is 9.78. The molecule has 0 saturated carbocycles. The highest BCUT2D eigenvalue weighted by Crippen LogP contribution is 2.32. The number of hydrogen-bond donors (Lipinski definition) is 2. The zero-order valence-electron chi connectivity index (χ0n) is 19.5. The van der Waals surface area contributed by atoms with Crippen molar-refractivity contribution in [2.45, 2.75) is 85.5 Å². The van der Waals surface area contributed by atoms with Crippen molar-refractivity contribution in [3.05, 3.63) is 12.7 Å². The van der Waals surface area contributed by atoms with E-state index in [1.165, 1.54) is 6.08 Å². The van der Waals surface area contributed by atoms with Gasteiger partial charge in [-0.3, -0.25) is 19.2 Å². The van der Waals surface area contributed by atoms with Crippen molar-refractivity contribution in [1.82, 2.24) is 0 Å². The predicted octanol–water partition coefficient (Wildman–Crippen LogP) is 4.61. The highest BCUT2D eigenvalue weighted by Gasteiger charge is 2.45. The summed E-state index contributed by atoms with van der Waals surface area (Å²) in [6.45, 7) is 11.7. The van der Waals surface area contributed by atoms with E-state index in [1.807, 2.05) is 27.7 Å². The second-order valence-corrected chi connectivity index (χ2v) is 7.83. The molecule has 0 aromatic heterocycles. The summed E-state index contributed by atoms with van der Waals surface area (Å²) in [5.74, 6) is -3.23. The van der Waals surface area contributed by atoms with Crippen LogP contribution in [0.2, 0.25) is 0 Å². The van der Waals surface area contributed by atoms with Crippen LogP contribution in [0, 0.1) is 11.3 Å². The van der Waals surface area contributed by atoms with E-state index in [2.05, 4.69) is 11.3 Å². The highest BCUT2D eigenvalue weighted by molar-refractivity contribution is 5.98. The first-order chi connectivity index (χ1) is 14.6. The Hall–Kier alpha value is -2.38. The van der Waals surface area contributed by atoms with Crippen LogP contribution in [0.3, 0.4) is 0 Å². The zero-order valence-corrected chi connectivity index (χ0v) is 19.5. The molecule has 0 aromatic carbocycles. The maximum atomic E-state index is 11.3. The van der Waals surface area contributed by atoms with Gasteiger partial charge < -0.3 is 19.7 Å². The third-order valence-electron chi connectivity index (χ3n) is 4.46. The lowest BCUT2D eigenvalue weighted by Gasteiger charge is -2.24. The van der Waals surface area contributed by atoms with Crippen LogP contribution in [0.15, 0.2) is 12.7 Å². The number of carbonyl (C=O) groups excluding carboxylic acids is 2. The normalized spacial score (nSPS) is 10.6. The number of unbranched alkanes of at least 4 members (excludes halogenated alkanes) is 4. The minimum Gasteiger partial charge on any atom is -0.480 e. The largest absolute Gasteiger partial charge is 0.480 e. The Labute approximate surface area is 186 Å². The highest BCUT2D eigenvalue weighted by atomic mass is 16.6. The Kier molecular flexibility index (Phi) is 18.3. The Morgan fingerprint density at radius 2 is 1.32 bits per heavy atom. The van der Waals surface area contributed by atoms with Crippen LogP contribution >= 0.6 is 0 Å². The molecule has 2 N–H and O–H groups in total. The minimum atomic E-state index is -1.57. The van der Waals surface area contributed by atoms with Crippen LogP contribution in [0.25, 0.3) is 0 Å². The van der Waals surface area contributed by atoms with Gasteiger partial charge in [0.05, 0.1) is 6.61 Å². The van der Waals surface area contributed by atoms with Crippen molar-refractivity contribution in [2.75, 3.05) is 13.2 Å². The van der Waals surface area contributed by atoms with Crippen molar-refractivity contribution < 1.29 is 38.9 Å². The van der Waals surface area contributed by atoms with Gasteiger partial charge in [0.15, 0.2) is 5.41 Å². The third-order valence-corrected chi connectivity index (χ3v) is 4.46. The summed E-state index contributed by atoms with van der Waals surface area (Å²) >= 11 is 0. The molecule has 0 bridgehead atoms. The average Bonchev–Trinajstić information content (AvgIpc) is 2.69. The molecular formula is C23H40O8. The number of carboxylic acid groups (broad SMARTS) is 2. The minimum absolute atomic E-state index is 0.121. The molecule has 8 nitrogen and oxygen atoms in total.